The van der Waals surface area contributed by atoms with Gasteiger partial charge < -0.3 is 24.7 Å². The number of nitrogens with zero attached hydrogens (tertiary/aromatic N) is 1. The van der Waals surface area contributed by atoms with E-state index in [4.69, 9.17) is 9.47 Å². The number of halogens is 1. The quantitative estimate of drug-likeness (QED) is 0.229. The van der Waals surface area contributed by atoms with E-state index in [1.807, 2.05) is 26.2 Å². The van der Waals surface area contributed by atoms with Gasteiger partial charge in [0.1, 0.15) is 11.6 Å². The fraction of sp³-hybridized carbons (Fsp3) is 0.484. The normalized spacial score (nSPS) is 13.9. The summed E-state index contributed by atoms with van der Waals surface area (Å²) in [4.78, 5) is 24.8. The molecule has 1 saturated carbocycles. The molecule has 0 saturated heterocycles. The average Bonchev–Trinajstić information content (AvgIpc) is 3.25. The number of nitrogens with one attached hydrogen (secondary N) is 2. The number of amides is 1. The molecule has 1 fully saturated rings. The van der Waals surface area contributed by atoms with E-state index < -0.39 is 11.8 Å². The van der Waals surface area contributed by atoms with Crippen molar-refractivity contribution in [3.63, 3.8) is 0 Å². The topological polar surface area (TPSA) is 81.6 Å². The van der Waals surface area contributed by atoms with Crippen LogP contribution in [0.4, 0.5) is 4.39 Å². The smallest absolute Gasteiger partial charge is 0.337 e. The van der Waals surface area contributed by atoms with Gasteiger partial charge in [0.05, 0.1) is 18.4 Å². The van der Waals surface area contributed by atoms with Crippen molar-refractivity contribution in [2.75, 3.05) is 33.9 Å². The van der Waals surface area contributed by atoms with Crippen LogP contribution in [0.25, 0.3) is 22.2 Å². The fourth-order valence-corrected chi connectivity index (χ4v) is 5.68. The van der Waals surface area contributed by atoms with E-state index >= 15 is 0 Å². The fourth-order valence-electron chi connectivity index (χ4n) is 5.68. The first kappa shape index (κ1) is 28.6. The number of fused-ring (bicyclic) bond motifs is 1. The summed E-state index contributed by atoms with van der Waals surface area (Å²) in [6.45, 7) is 1.35. The molecule has 7 nitrogen and oxygen atoms in total. The molecule has 0 atom stereocenters. The number of aryl methyl sites for hydroxylation is 1. The van der Waals surface area contributed by atoms with Gasteiger partial charge in [0.15, 0.2) is 6.61 Å². The number of hydrogen-bond donors (Lipinski definition) is 2. The van der Waals surface area contributed by atoms with E-state index in [1.54, 1.807) is 12.1 Å². The first-order valence-electron chi connectivity index (χ1n) is 14.0. The van der Waals surface area contributed by atoms with Gasteiger partial charge in [-0.1, -0.05) is 31.7 Å². The highest BCUT2D eigenvalue weighted by Gasteiger charge is 2.28. The highest BCUT2D eigenvalue weighted by atomic mass is 19.1. The molecule has 2 aromatic carbocycles. The highest BCUT2D eigenvalue weighted by molar-refractivity contribution is 5.99. The number of rotatable bonds is 12. The van der Waals surface area contributed by atoms with Crippen LogP contribution in [-0.4, -0.2) is 50.3 Å². The Bertz CT molecular complexity index is 1300. The Morgan fingerprint density at radius 3 is 2.54 bits per heavy atom. The SMILES string of the molecule is CNCCCCCNC(=O)COc1cc(F)ccc1-c1c(C2CCCCC2)c2ccc(C(=O)OC)cc2n1C. The Balaban J connectivity index is 1.66. The van der Waals surface area contributed by atoms with E-state index in [1.165, 1.54) is 31.2 Å². The van der Waals surface area contributed by atoms with Crippen molar-refractivity contribution in [2.24, 2.45) is 7.05 Å². The number of ether oxygens (including phenoxy) is 2. The van der Waals surface area contributed by atoms with Crippen LogP contribution >= 0.6 is 0 Å². The van der Waals surface area contributed by atoms with Gasteiger partial charge >= 0.3 is 5.97 Å². The van der Waals surface area contributed by atoms with Crippen LogP contribution in [0.2, 0.25) is 0 Å². The first-order chi connectivity index (χ1) is 18.9. The molecule has 2 N–H and O–H groups in total. The van der Waals surface area contributed by atoms with Gasteiger partial charge in [0.25, 0.3) is 5.91 Å². The summed E-state index contributed by atoms with van der Waals surface area (Å²) >= 11 is 0. The molecule has 0 radical (unpaired) electrons. The number of aromatic nitrogens is 1. The lowest BCUT2D eigenvalue weighted by Gasteiger charge is -2.24. The van der Waals surface area contributed by atoms with Crippen LogP contribution in [0.15, 0.2) is 36.4 Å². The predicted molar refractivity (Wildman–Crippen MR) is 152 cm³/mol. The van der Waals surface area contributed by atoms with Gasteiger partial charge in [-0.25, -0.2) is 9.18 Å². The predicted octanol–water partition coefficient (Wildman–Crippen LogP) is 5.70. The molecule has 0 unspecified atom stereocenters. The first-order valence-corrected chi connectivity index (χ1v) is 14.0. The van der Waals surface area contributed by atoms with Crippen LogP contribution in [0, 0.1) is 5.82 Å². The zero-order valence-electron chi connectivity index (χ0n) is 23.3. The molecule has 0 spiro atoms. The Labute approximate surface area is 230 Å². The van der Waals surface area contributed by atoms with Crippen molar-refractivity contribution in [1.29, 1.82) is 0 Å². The summed E-state index contributed by atoms with van der Waals surface area (Å²) in [7, 11) is 5.26. The van der Waals surface area contributed by atoms with Crippen molar-refractivity contribution >= 4 is 22.8 Å². The van der Waals surface area contributed by atoms with Crippen LogP contribution in [-0.2, 0) is 16.6 Å². The van der Waals surface area contributed by atoms with E-state index in [0.29, 0.717) is 23.8 Å². The molecule has 1 aromatic heterocycles. The second kappa shape index (κ2) is 13.6. The standard InChI is InChI=1S/C31H40FN3O4/c1-33-16-8-5-9-17-34-28(36)20-39-27-19-23(32)13-15-25(27)30-29(21-10-6-4-7-11-21)24-14-12-22(31(37)38-3)18-26(24)35(30)2/h12-15,18-19,21,33H,4-11,16-17,20H2,1-3H3,(H,34,36). The van der Waals surface area contributed by atoms with E-state index in [0.717, 1.165) is 73.7 Å². The maximum Gasteiger partial charge on any atom is 0.337 e. The van der Waals surface area contributed by atoms with Gasteiger partial charge in [-0.3, -0.25) is 4.79 Å². The lowest BCUT2D eigenvalue weighted by molar-refractivity contribution is -0.123. The maximum absolute atomic E-state index is 14.4. The average molecular weight is 538 g/mol. The van der Waals surface area contributed by atoms with Gasteiger partial charge in [0.2, 0.25) is 0 Å². The molecule has 1 aliphatic rings. The summed E-state index contributed by atoms with van der Waals surface area (Å²) in [6.07, 6.45) is 8.65. The lowest BCUT2D eigenvalue weighted by atomic mass is 9.81. The molecule has 1 heterocycles. The van der Waals surface area contributed by atoms with Gasteiger partial charge in [-0.05, 0) is 75.0 Å². The minimum atomic E-state index is -0.426. The number of unbranched alkanes of at least 4 members (excludes halogenated alkanes) is 2. The number of hydrogen-bond acceptors (Lipinski definition) is 5. The number of carbonyl (C=O) groups excluding carboxylic acids is 2. The third kappa shape index (κ3) is 6.79. The lowest BCUT2D eigenvalue weighted by Crippen LogP contribution is -2.29. The minimum absolute atomic E-state index is 0.192. The molecule has 0 aliphatic heterocycles. The molecule has 3 aromatic rings. The Morgan fingerprint density at radius 1 is 1.03 bits per heavy atom. The minimum Gasteiger partial charge on any atom is -0.483 e. The molecular formula is C31H40FN3O4. The molecular weight excluding hydrogens is 497 g/mol. The number of esters is 1. The molecule has 1 aliphatic carbocycles. The molecule has 8 heteroatoms. The zero-order chi connectivity index (χ0) is 27.8. The number of benzene rings is 2. The van der Waals surface area contributed by atoms with Gasteiger partial charge in [-0.15, -0.1) is 0 Å². The summed E-state index contributed by atoms with van der Waals surface area (Å²) in [6, 6.07) is 10.1. The summed E-state index contributed by atoms with van der Waals surface area (Å²) in [5, 5.41) is 7.08. The molecule has 210 valence electrons. The summed E-state index contributed by atoms with van der Waals surface area (Å²) < 4.78 is 27.4. The number of carbonyl (C=O) groups is 2. The van der Waals surface area contributed by atoms with Crippen molar-refractivity contribution < 1.29 is 23.5 Å². The van der Waals surface area contributed by atoms with Gasteiger partial charge in [0, 0.05) is 36.1 Å². The van der Waals surface area contributed by atoms with Crippen molar-refractivity contribution in [3.8, 4) is 17.0 Å². The van der Waals surface area contributed by atoms with Crippen LogP contribution < -0.4 is 15.4 Å². The van der Waals surface area contributed by atoms with Crippen LogP contribution in [0.1, 0.15) is 73.2 Å². The molecule has 4 rings (SSSR count). The van der Waals surface area contributed by atoms with Crippen LogP contribution in [0.5, 0.6) is 5.75 Å². The largest absolute Gasteiger partial charge is 0.483 e. The number of methoxy groups -OCH3 is 1. The van der Waals surface area contributed by atoms with E-state index in [9.17, 15) is 14.0 Å². The summed E-state index contributed by atoms with van der Waals surface area (Å²) in [5.41, 5.74) is 4.23. The molecule has 39 heavy (non-hydrogen) atoms. The Kier molecular flexibility index (Phi) is 9.98. The second-order valence-electron chi connectivity index (χ2n) is 10.3. The highest BCUT2D eigenvalue weighted by Crippen LogP contribution is 2.46. The monoisotopic (exact) mass is 537 g/mol. The Morgan fingerprint density at radius 2 is 1.79 bits per heavy atom. The van der Waals surface area contributed by atoms with E-state index in [2.05, 4.69) is 15.2 Å². The molecule has 0 bridgehead atoms. The Hall–Kier alpha value is -3.39. The van der Waals surface area contributed by atoms with Crippen LogP contribution in [0.3, 0.4) is 0 Å². The second-order valence-corrected chi connectivity index (χ2v) is 10.3. The molecule has 1 amide bonds. The van der Waals surface area contributed by atoms with Crippen molar-refractivity contribution in [3.05, 3.63) is 53.3 Å². The van der Waals surface area contributed by atoms with Crippen molar-refractivity contribution in [2.45, 2.75) is 57.3 Å². The third-order valence-corrected chi connectivity index (χ3v) is 7.66. The summed E-state index contributed by atoms with van der Waals surface area (Å²) in [5.74, 6) is -0.380. The van der Waals surface area contributed by atoms with E-state index in [-0.39, 0.29) is 12.5 Å². The maximum atomic E-state index is 14.4. The third-order valence-electron chi connectivity index (χ3n) is 7.66. The van der Waals surface area contributed by atoms with Gasteiger partial charge in [-0.2, -0.15) is 0 Å². The van der Waals surface area contributed by atoms with Crippen molar-refractivity contribution in [1.82, 2.24) is 15.2 Å². The zero-order valence-corrected chi connectivity index (χ0v) is 23.3.